The van der Waals surface area contributed by atoms with Crippen molar-refractivity contribution < 1.29 is 14.1 Å². The Labute approximate surface area is 110 Å². The molecule has 7 heteroatoms. The van der Waals surface area contributed by atoms with E-state index in [9.17, 15) is 14.5 Å². The first-order valence-electron chi connectivity index (χ1n) is 4.80. The van der Waals surface area contributed by atoms with Crippen molar-refractivity contribution in [2.24, 2.45) is 0 Å². The Morgan fingerprint density at radius 3 is 2.78 bits per heavy atom. The van der Waals surface area contributed by atoms with Gasteiger partial charge in [-0.25, -0.2) is 0 Å². The summed E-state index contributed by atoms with van der Waals surface area (Å²) in [5.74, 6) is -0.465. The van der Waals surface area contributed by atoms with Crippen LogP contribution >= 0.6 is 15.9 Å². The standard InChI is InChI=1S/C11H6BrFN2O3/c12-8-5-4-7(15(16)17)6-9(8)18-11-3-1-2-10(13)14-11/h1-6H. The van der Waals surface area contributed by atoms with Crippen molar-refractivity contribution in [1.82, 2.24) is 4.98 Å². The first kappa shape index (κ1) is 12.4. The molecule has 0 N–H and O–H groups in total. The molecular weight excluding hydrogens is 307 g/mol. The maximum atomic E-state index is 12.9. The number of ether oxygens (including phenoxy) is 1. The first-order chi connectivity index (χ1) is 8.56. The monoisotopic (exact) mass is 312 g/mol. The maximum absolute atomic E-state index is 12.9. The number of non-ortho nitro benzene ring substituents is 1. The Morgan fingerprint density at radius 2 is 2.11 bits per heavy atom. The van der Waals surface area contributed by atoms with Crippen LogP contribution in [-0.2, 0) is 0 Å². The Morgan fingerprint density at radius 1 is 1.33 bits per heavy atom. The lowest BCUT2D eigenvalue weighted by Gasteiger charge is -2.06. The molecule has 0 spiro atoms. The summed E-state index contributed by atoms with van der Waals surface area (Å²) in [5, 5.41) is 10.6. The summed E-state index contributed by atoms with van der Waals surface area (Å²) in [4.78, 5) is 13.6. The zero-order valence-corrected chi connectivity index (χ0v) is 10.4. The normalized spacial score (nSPS) is 10.1. The van der Waals surface area contributed by atoms with Crippen LogP contribution in [-0.4, -0.2) is 9.91 Å². The Hall–Kier alpha value is -2.02. The van der Waals surface area contributed by atoms with Gasteiger partial charge in [0.15, 0.2) is 5.75 Å². The van der Waals surface area contributed by atoms with Gasteiger partial charge in [-0.15, -0.1) is 0 Å². The fourth-order valence-electron chi connectivity index (χ4n) is 1.24. The highest BCUT2D eigenvalue weighted by Gasteiger charge is 2.11. The fraction of sp³-hybridized carbons (Fsp3) is 0. The number of benzene rings is 1. The molecule has 0 saturated carbocycles. The van der Waals surface area contributed by atoms with Gasteiger partial charge in [0.1, 0.15) is 0 Å². The van der Waals surface area contributed by atoms with Crippen molar-refractivity contribution in [3.63, 3.8) is 0 Å². The number of aromatic nitrogens is 1. The van der Waals surface area contributed by atoms with E-state index in [0.717, 1.165) is 0 Å². The zero-order chi connectivity index (χ0) is 13.1. The van der Waals surface area contributed by atoms with E-state index in [0.29, 0.717) is 4.47 Å². The number of halogens is 2. The van der Waals surface area contributed by atoms with Crippen molar-refractivity contribution in [2.45, 2.75) is 0 Å². The summed E-state index contributed by atoms with van der Waals surface area (Å²) in [5.41, 5.74) is -0.121. The van der Waals surface area contributed by atoms with Crippen LogP contribution in [0.15, 0.2) is 40.9 Å². The molecule has 0 saturated heterocycles. The molecule has 0 amide bonds. The minimum absolute atomic E-state index is 0.0243. The van der Waals surface area contributed by atoms with E-state index < -0.39 is 10.9 Å². The van der Waals surface area contributed by atoms with Gasteiger partial charge < -0.3 is 4.74 Å². The van der Waals surface area contributed by atoms with E-state index in [1.165, 1.54) is 36.4 Å². The van der Waals surface area contributed by atoms with Crippen molar-refractivity contribution in [1.29, 1.82) is 0 Å². The second kappa shape index (κ2) is 5.09. The number of nitro benzene ring substituents is 1. The number of nitrogens with zero attached hydrogens (tertiary/aromatic N) is 2. The molecule has 0 aliphatic heterocycles. The zero-order valence-electron chi connectivity index (χ0n) is 8.84. The average molecular weight is 313 g/mol. The van der Waals surface area contributed by atoms with Crippen LogP contribution in [0.5, 0.6) is 11.6 Å². The van der Waals surface area contributed by atoms with E-state index in [-0.39, 0.29) is 17.3 Å². The van der Waals surface area contributed by atoms with Gasteiger partial charge in [0.2, 0.25) is 11.8 Å². The smallest absolute Gasteiger partial charge is 0.273 e. The maximum Gasteiger partial charge on any atom is 0.273 e. The minimum atomic E-state index is -0.686. The molecule has 1 aromatic carbocycles. The SMILES string of the molecule is O=[N+]([O-])c1ccc(Br)c(Oc2cccc(F)n2)c1. The molecule has 0 bridgehead atoms. The molecule has 2 aromatic rings. The summed E-state index contributed by atoms with van der Waals surface area (Å²) >= 11 is 3.19. The van der Waals surface area contributed by atoms with E-state index in [1.807, 2.05) is 0 Å². The molecule has 92 valence electrons. The number of hydrogen-bond acceptors (Lipinski definition) is 4. The van der Waals surface area contributed by atoms with Gasteiger partial charge in [0.25, 0.3) is 5.69 Å². The van der Waals surface area contributed by atoms with Crippen LogP contribution in [0.4, 0.5) is 10.1 Å². The lowest BCUT2D eigenvalue weighted by molar-refractivity contribution is -0.384. The predicted molar refractivity (Wildman–Crippen MR) is 65.1 cm³/mol. The van der Waals surface area contributed by atoms with Crippen LogP contribution in [0, 0.1) is 16.1 Å². The molecule has 0 unspecified atom stereocenters. The molecular formula is C11H6BrFN2O3. The van der Waals surface area contributed by atoms with Gasteiger partial charge in [-0.1, -0.05) is 6.07 Å². The Bertz CT molecular complexity index is 607. The number of hydrogen-bond donors (Lipinski definition) is 0. The highest BCUT2D eigenvalue weighted by atomic mass is 79.9. The molecule has 2 rings (SSSR count). The van der Waals surface area contributed by atoms with Gasteiger partial charge in [0.05, 0.1) is 15.5 Å². The largest absolute Gasteiger partial charge is 0.437 e. The topological polar surface area (TPSA) is 65.3 Å². The van der Waals surface area contributed by atoms with Gasteiger partial charge >= 0.3 is 0 Å². The number of pyridine rings is 1. The second-order valence-electron chi connectivity index (χ2n) is 3.27. The Kier molecular flexibility index (Phi) is 3.52. The third-order valence-electron chi connectivity index (χ3n) is 2.03. The lowest BCUT2D eigenvalue weighted by Crippen LogP contribution is -1.93. The minimum Gasteiger partial charge on any atom is -0.437 e. The van der Waals surface area contributed by atoms with Crippen molar-refractivity contribution in [3.8, 4) is 11.6 Å². The molecule has 18 heavy (non-hydrogen) atoms. The molecule has 1 heterocycles. The van der Waals surface area contributed by atoms with Crippen LogP contribution in [0.3, 0.4) is 0 Å². The summed E-state index contributed by atoms with van der Waals surface area (Å²) in [6.07, 6.45) is 0. The lowest BCUT2D eigenvalue weighted by atomic mass is 10.3. The van der Waals surface area contributed by atoms with E-state index >= 15 is 0 Å². The predicted octanol–water partition coefficient (Wildman–Crippen LogP) is 3.68. The second-order valence-corrected chi connectivity index (χ2v) is 4.13. The molecule has 0 aliphatic carbocycles. The summed E-state index contributed by atoms with van der Waals surface area (Å²) < 4.78 is 18.7. The summed E-state index contributed by atoms with van der Waals surface area (Å²) in [6, 6.07) is 8.10. The number of nitro groups is 1. The van der Waals surface area contributed by atoms with E-state index in [4.69, 9.17) is 4.74 Å². The quantitative estimate of drug-likeness (QED) is 0.492. The van der Waals surface area contributed by atoms with Crippen LogP contribution in [0.2, 0.25) is 0 Å². The fourth-order valence-corrected chi connectivity index (χ4v) is 1.57. The molecule has 0 radical (unpaired) electrons. The van der Waals surface area contributed by atoms with Crippen molar-refractivity contribution in [2.75, 3.05) is 0 Å². The van der Waals surface area contributed by atoms with Crippen molar-refractivity contribution in [3.05, 3.63) is 56.9 Å². The third-order valence-corrected chi connectivity index (χ3v) is 2.68. The van der Waals surface area contributed by atoms with Gasteiger partial charge in [-0.2, -0.15) is 9.37 Å². The van der Waals surface area contributed by atoms with Crippen LogP contribution in [0.25, 0.3) is 0 Å². The molecule has 0 aliphatic rings. The summed E-state index contributed by atoms with van der Waals surface area (Å²) in [7, 11) is 0. The number of rotatable bonds is 3. The molecule has 1 aromatic heterocycles. The van der Waals surface area contributed by atoms with E-state index in [1.54, 1.807) is 0 Å². The Balaban J connectivity index is 2.33. The van der Waals surface area contributed by atoms with E-state index in [2.05, 4.69) is 20.9 Å². The van der Waals surface area contributed by atoms with Crippen molar-refractivity contribution >= 4 is 21.6 Å². The molecule has 0 fully saturated rings. The van der Waals surface area contributed by atoms with Gasteiger partial charge in [0, 0.05) is 12.1 Å². The average Bonchev–Trinajstić information content (AvgIpc) is 2.31. The van der Waals surface area contributed by atoms with Gasteiger partial charge in [-0.3, -0.25) is 10.1 Å². The van der Waals surface area contributed by atoms with Crippen LogP contribution in [0.1, 0.15) is 0 Å². The molecule has 5 nitrogen and oxygen atoms in total. The van der Waals surface area contributed by atoms with Crippen LogP contribution < -0.4 is 4.74 Å². The summed E-state index contributed by atoms with van der Waals surface area (Å²) in [6.45, 7) is 0. The third kappa shape index (κ3) is 2.80. The highest BCUT2D eigenvalue weighted by molar-refractivity contribution is 9.10. The first-order valence-corrected chi connectivity index (χ1v) is 5.60. The molecule has 0 atom stereocenters. The van der Waals surface area contributed by atoms with Gasteiger partial charge in [-0.05, 0) is 28.1 Å². The highest BCUT2D eigenvalue weighted by Crippen LogP contribution is 2.32.